The van der Waals surface area contributed by atoms with Crippen molar-refractivity contribution in [3.8, 4) is 0 Å². The summed E-state index contributed by atoms with van der Waals surface area (Å²) in [5.41, 5.74) is 0.821. The summed E-state index contributed by atoms with van der Waals surface area (Å²) < 4.78 is 40.1. The van der Waals surface area contributed by atoms with Gasteiger partial charge in [-0.25, -0.2) is 22.7 Å². The first-order valence-electron chi connectivity index (χ1n) is 7.57. The average molecular weight is 380 g/mol. The summed E-state index contributed by atoms with van der Waals surface area (Å²) in [6.45, 7) is -0.217. The highest BCUT2D eigenvalue weighted by Crippen LogP contribution is 2.09. The number of rotatable bonds is 7. The van der Waals surface area contributed by atoms with Crippen molar-refractivity contribution in [1.82, 2.24) is 5.32 Å². The molecular weight excluding hydrogens is 363 g/mol. The van der Waals surface area contributed by atoms with Crippen LogP contribution in [0.4, 0.5) is 4.39 Å². The number of nitrogens with two attached hydrogens (primary N) is 1. The molecule has 0 atom stereocenters. The van der Waals surface area contributed by atoms with Gasteiger partial charge < -0.3 is 10.1 Å². The third kappa shape index (κ3) is 5.94. The van der Waals surface area contributed by atoms with Crippen molar-refractivity contribution in [3.63, 3.8) is 0 Å². The zero-order valence-corrected chi connectivity index (χ0v) is 14.5. The number of carbonyl (C=O) groups excluding carboxylic acids is 2. The van der Waals surface area contributed by atoms with Crippen LogP contribution in [0.25, 0.3) is 0 Å². The van der Waals surface area contributed by atoms with Crippen molar-refractivity contribution in [2.24, 2.45) is 5.14 Å². The largest absolute Gasteiger partial charge is 0.452 e. The van der Waals surface area contributed by atoms with E-state index in [0.717, 1.165) is 11.6 Å². The molecule has 0 bridgehead atoms. The monoisotopic (exact) mass is 380 g/mol. The number of hydrogen-bond acceptors (Lipinski definition) is 5. The molecule has 7 nitrogen and oxygen atoms in total. The van der Waals surface area contributed by atoms with Crippen LogP contribution in [0.3, 0.4) is 0 Å². The van der Waals surface area contributed by atoms with Gasteiger partial charge in [-0.1, -0.05) is 18.2 Å². The summed E-state index contributed by atoms with van der Waals surface area (Å²) >= 11 is 0. The van der Waals surface area contributed by atoms with Crippen LogP contribution in [0.2, 0.25) is 0 Å². The van der Waals surface area contributed by atoms with Gasteiger partial charge in [-0.15, -0.1) is 0 Å². The van der Waals surface area contributed by atoms with E-state index in [0.29, 0.717) is 6.42 Å². The summed E-state index contributed by atoms with van der Waals surface area (Å²) in [7, 11) is -3.74. The SMILES string of the molecule is NS(=O)(=O)c1ccc(CCNC(=O)COC(=O)c2cccc(F)c2)cc1. The third-order valence-electron chi connectivity index (χ3n) is 3.38. The molecule has 2 aromatic rings. The second kappa shape index (κ2) is 8.54. The first-order chi connectivity index (χ1) is 12.3. The Kier molecular flexibility index (Phi) is 6.42. The minimum Gasteiger partial charge on any atom is -0.452 e. The highest BCUT2D eigenvalue weighted by Gasteiger charge is 2.11. The number of amides is 1. The molecular formula is C17H17FN2O5S. The Bertz CT molecular complexity index is 898. The zero-order chi connectivity index (χ0) is 19.2. The van der Waals surface area contributed by atoms with E-state index < -0.39 is 34.3 Å². The Morgan fingerprint density at radius 1 is 1.12 bits per heavy atom. The van der Waals surface area contributed by atoms with E-state index >= 15 is 0 Å². The van der Waals surface area contributed by atoms with Crippen LogP contribution in [0.15, 0.2) is 53.4 Å². The number of hydrogen-bond donors (Lipinski definition) is 2. The predicted molar refractivity (Wildman–Crippen MR) is 91.2 cm³/mol. The average Bonchev–Trinajstić information content (AvgIpc) is 2.59. The van der Waals surface area contributed by atoms with Crippen LogP contribution in [-0.2, 0) is 26.0 Å². The molecule has 0 aliphatic heterocycles. The number of esters is 1. The van der Waals surface area contributed by atoms with Crippen LogP contribution >= 0.6 is 0 Å². The van der Waals surface area contributed by atoms with Gasteiger partial charge in [-0.3, -0.25) is 4.79 Å². The van der Waals surface area contributed by atoms with E-state index in [2.05, 4.69) is 5.32 Å². The first kappa shape index (κ1) is 19.5. The van der Waals surface area contributed by atoms with Gasteiger partial charge in [0, 0.05) is 6.54 Å². The molecule has 0 saturated carbocycles. The fourth-order valence-corrected chi connectivity index (χ4v) is 2.59. The minimum atomic E-state index is -3.74. The van der Waals surface area contributed by atoms with E-state index in [4.69, 9.17) is 9.88 Å². The van der Waals surface area contributed by atoms with E-state index in [1.165, 1.54) is 30.3 Å². The maximum absolute atomic E-state index is 13.0. The number of sulfonamides is 1. The fourth-order valence-electron chi connectivity index (χ4n) is 2.07. The van der Waals surface area contributed by atoms with Gasteiger partial charge in [0.25, 0.3) is 5.91 Å². The fraction of sp³-hybridized carbons (Fsp3) is 0.176. The molecule has 3 N–H and O–H groups in total. The third-order valence-corrected chi connectivity index (χ3v) is 4.31. The van der Waals surface area contributed by atoms with Gasteiger partial charge in [0.2, 0.25) is 10.0 Å². The van der Waals surface area contributed by atoms with Gasteiger partial charge in [-0.2, -0.15) is 0 Å². The lowest BCUT2D eigenvalue weighted by atomic mass is 10.1. The molecule has 0 aromatic heterocycles. The molecule has 9 heteroatoms. The molecule has 0 fully saturated rings. The first-order valence-corrected chi connectivity index (χ1v) is 9.11. The van der Waals surface area contributed by atoms with E-state index in [9.17, 15) is 22.4 Å². The lowest BCUT2D eigenvalue weighted by Crippen LogP contribution is -2.30. The molecule has 2 aromatic carbocycles. The lowest BCUT2D eigenvalue weighted by molar-refractivity contribution is -0.124. The van der Waals surface area contributed by atoms with Crippen molar-refractivity contribution >= 4 is 21.9 Å². The van der Waals surface area contributed by atoms with Gasteiger partial charge in [0.05, 0.1) is 10.5 Å². The van der Waals surface area contributed by atoms with E-state index in [-0.39, 0.29) is 17.0 Å². The topological polar surface area (TPSA) is 116 Å². The molecule has 0 aliphatic rings. The highest BCUT2D eigenvalue weighted by atomic mass is 32.2. The van der Waals surface area contributed by atoms with Crippen LogP contribution < -0.4 is 10.5 Å². The Balaban J connectivity index is 1.74. The predicted octanol–water partition coefficient (Wildman–Crippen LogP) is 0.989. The molecule has 0 heterocycles. The summed E-state index contributed by atoms with van der Waals surface area (Å²) in [4.78, 5) is 23.4. The van der Waals surface area contributed by atoms with Crippen molar-refractivity contribution in [2.75, 3.05) is 13.2 Å². The maximum Gasteiger partial charge on any atom is 0.338 e. The van der Waals surface area contributed by atoms with E-state index in [1.54, 1.807) is 12.1 Å². The van der Waals surface area contributed by atoms with Crippen LogP contribution in [-0.4, -0.2) is 33.4 Å². The smallest absolute Gasteiger partial charge is 0.338 e. The van der Waals surface area contributed by atoms with Gasteiger partial charge in [0.1, 0.15) is 5.82 Å². The van der Waals surface area contributed by atoms with Crippen molar-refractivity contribution in [2.45, 2.75) is 11.3 Å². The molecule has 0 spiro atoms. The number of ether oxygens (including phenoxy) is 1. The van der Waals surface area contributed by atoms with Crippen LogP contribution in [0.5, 0.6) is 0 Å². The highest BCUT2D eigenvalue weighted by molar-refractivity contribution is 7.89. The summed E-state index contributed by atoms with van der Waals surface area (Å²) in [6, 6.07) is 10.9. The Hall–Kier alpha value is -2.78. The van der Waals surface area contributed by atoms with Gasteiger partial charge >= 0.3 is 5.97 Å². The van der Waals surface area contributed by atoms with Gasteiger partial charge in [-0.05, 0) is 42.3 Å². The molecule has 26 heavy (non-hydrogen) atoms. The molecule has 2 rings (SSSR count). The van der Waals surface area contributed by atoms with Crippen LogP contribution in [0.1, 0.15) is 15.9 Å². The second-order valence-corrected chi connectivity index (χ2v) is 6.94. The Labute approximate surface area is 150 Å². The van der Waals surface area contributed by atoms with Crippen LogP contribution in [0, 0.1) is 5.82 Å². The van der Waals surface area contributed by atoms with Crippen molar-refractivity contribution in [1.29, 1.82) is 0 Å². The van der Waals surface area contributed by atoms with E-state index in [1.807, 2.05) is 0 Å². The second-order valence-electron chi connectivity index (χ2n) is 5.38. The molecule has 0 radical (unpaired) electrons. The number of halogens is 1. The summed E-state index contributed by atoms with van der Waals surface area (Å²) in [6.07, 6.45) is 0.453. The maximum atomic E-state index is 13.0. The standard InChI is InChI=1S/C17H17FN2O5S/c18-14-3-1-2-13(10-14)17(22)25-11-16(21)20-9-8-12-4-6-15(7-5-12)26(19,23)24/h1-7,10H,8-9,11H2,(H,20,21)(H2,19,23,24). The number of benzene rings is 2. The molecule has 0 aliphatic carbocycles. The van der Waals surface area contributed by atoms with Crippen molar-refractivity contribution < 1.29 is 27.1 Å². The summed E-state index contributed by atoms with van der Waals surface area (Å²) in [5.74, 6) is -1.87. The van der Waals surface area contributed by atoms with Gasteiger partial charge in [0.15, 0.2) is 6.61 Å². The molecule has 0 saturated heterocycles. The van der Waals surface area contributed by atoms with Crippen molar-refractivity contribution in [3.05, 3.63) is 65.5 Å². The molecule has 1 amide bonds. The lowest BCUT2D eigenvalue weighted by Gasteiger charge is -2.07. The summed E-state index contributed by atoms with van der Waals surface area (Å²) in [5, 5.41) is 7.57. The Morgan fingerprint density at radius 3 is 2.42 bits per heavy atom. The quantitative estimate of drug-likeness (QED) is 0.695. The zero-order valence-electron chi connectivity index (χ0n) is 13.6. The minimum absolute atomic E-state index is 0.00884. The molecule has 138 valence electrons. The number of nitrogens with one attached hydrogen (secondary N) is 1. The number of carbonyl (C=O) groups is 2. The Morgan fingerprint density at radius 2 is 1.81 bits per heavy atom. The molecule has 0 unspecified atom stereocenters. The number of primary sulfonamides is 1. The normalized spacial score (nSPS) is 11.0.